The fourth-order valence-electron chi connectivity index (χ4n) is 2.91. The third-order valence-corrected chi connectivity index (χ3v) is 4.20. The summed E-state index contributed by atoms with van der Waals surface area (Å²) in [4.78, 5) is 0. The molecule has 0 aromatic heterocycles. The molecule has 102 valence electrons. The van der Waals surface area contributed by atoms with Crippen molar-refractivity contribution in [3.63, 3.8) is 0 Å². The minimum Gasteiger partial charge on any atom is -0.312 e. The van der Waals surface area contributed by atoms with Gasteiger partial charge in [-0.3, -0.25) is 0 Å². The van der Waals surface area contributed by atoms with Gasteiger partial charge in [0.2, 0.25) is 0 Å². The molecule has 0 saturated heterocycles. The van der Waals surface area contributed by atoms with Crippen molar-refractivity contribution >= 4 is 0 Å². The van der Waals surface area contributed by atoms with Gasteiger partial charge in [-0.1, -0.05) is 26.2 Å². The lowest BCUT2D eigenvalue weighted by Crippen LogP contribution is -2.29. The van der Waals surface area contributed by atoms with Crippen LogP contribution in [0.2, 0.25) is 0 Å². The van der Waals surface area contributed by atoms with Gasteiger partial charge in [0.1, 0.15) is 5.82 Å². The topological polar surface area (TPSA) is 35.8 Å². The van der Waals surface area contributed by atoms with Gasteiger partial charge in [-0.05, 0) is 48.6 Å². The zero-order valence-corrected chi connectivity index (χ0v) is 11.5. The number of nitrogens with one attached hydrogen (secondary N) is 1. The van der Waals surface area contributed by atoms with Gasteiger partial charge in [-0.15, -0.1) is 0 Å². The van der Waals surface area contributed by atoms with Gasteiger partial charge in [0.05, 0.1) is 11.6 Å². The molecular weight excluding hydrogens is 239 g/mol. The predicted octanol–water partition coefficient (Wildman–Crippen LogP) is 3.61. The van der Waals surface area contributed by atoms with E-state index < -0.39 is 0 Å². The van der Waals surface area contributed by atoms with E-state index in [0.717, 1.165) is 18.0 Å². The minimum atomic E-state index is -0.276. The lowest BCUT2D eigenvalue weighted by atomic mass is 9.80. The zero-order chi connectivity index (χ0) is 13.7. The van der Waals surface area contributed by atoms with Crippen molar-refractivity contribution in [3.05, 3.63) is 35.1 Å². The van der Waals surface area contributed by atoms with Crippen LogP contribution in [0.15, 0.2) is 18.2 Å². The second-order valence-corrected chi connectivity index (χ2v) is 5.57. The van der Waals surface area contributed by atoms with E-state index in [-0.39, 0.29) is 5.82 Å². The highest BCUT2D eigenvalue weighted by Gasteiger charge is 2.20. The highest BCUT2D eigenvalue weighted by atomic mass is 19.1. The molecule has 2 rings (SSSR count). The molecule has 1 aliphatic rings. The standard InChI is InChI=1S/C16H21FN2/c1-12-4-2-3-5-14(12)10-19-11-15-8-16(17)7-6-13(15)9-18/h6-8,12,14,19H,2-5,10-11H2,1H3. The molecule has 0 radical (unpaired) electrons. The number of rotatable bonds is 4. The van der Waals surface area contributed by atoms with Crippen molar-refractivity contribution in [1.29, 1.82) is 5.26 Å². The Balaban J connectivity index is 1.88. The molecule has 2 atom stereocenters. The Hall–Kier alpha value is -1.40. The number of halogens is 1. The first-order valence-electron chi connectivity index (χ1n) is 7.10. The van der Waals surface area contributed by atoms with E-state index in [1.54, 1.807) is 6.07 Å². The van der Waals surface area contributed by atoms with Crippen molar-refractivity contribution in [2.75, 3.05) is 6.54 Å². The molecule has 0 aliphatic heterocycles. The summed E-state index contributed by atoms with van der Waals surface area (Å²) in [5, 5.41) is 12.4. The summed E-state index contributed by atoms with van der Waals surface area (Å²) in [6.45, 7) is 3.85. The van der Waals surface area contributed by atoms with Crippen LogP contribution in [0.4, 0.5) is 4.39 Å². The van der Waals surface area contributed by atoms with Crippen molar-refractivity contribution in [2.24, 2.45) is 11.8 Å². The molecule has 0 amide bonds. The Morgan fingerprint density at radius 2 is 2.16 bits per heavy atom. The molecule has 2 unspecified atom stereocenters. The van der Waals surface area contributed by atoms with Crippen LogP contribution in [-0.4, -0.2) is 6.54 Å². The van der Waals surface area contributed by atoms with E-state index in [2.05, 4.69) is 18.3 Å². The van der Waals surface area contributed by atoms with Gasteiger partial charge in [-0.25, -0.2) is 4.39 Å². The van der Waals surface area contributed by atoms with Crippen LogP contribution in [0.1, 0.15) is 43.7 Å². The second kappa shape index (κ2) is 6.68. The molecule has 1 saturated carbocycles. The van der Waals surface area contributed by atoms with E-state index in [4.69, 9.17) is 5.26 Å². The zero-order valence-electron chi connectivity index (χ0n) is 11.5. The molecule has 0 spiro atoms. The summed E-state index contributed by atoms with van der Waals surface area (Å²) >= 11 is 0. The Morgan fingerprint density at radius 1 is 1.37 bits per heavy atom. The normalized spacial score (nSPS) is 23.0. The summed E-state index contributed by atoms with van der Waals surface area (Å²) in [6, 6.07) is 6.46. The van der Waals surface area contributed by atoms with Crippen LogP contribution in [0.3, 0.4) is 0 Å². The van der Waals surface area contributed by atoms with Gasteiger partial charge < -0.3 is 5.32 Å². The lowest BCUT2D eigenvalue weighted by Gasteiger charge is -2.29. The van der Waals surface area contributed by atoms with Crippen molar-refractivity contribution < 1.29 is 4.39 Å². The van der Waals surface area contributed by atoms with Gasteiger partial charge in [-0.2, -0.15) is 5.26 Å². The summed E-state index contributed by atoms with van der Waals surface area (Å²) < 4.78 is 13.2. The monoisotopic (exact) mass is 260 g/mol. The number of hydrogen-bond acceptors (Lipinski definition) is 2. The predicted molar refractivity (Wildman–Crippen MR) is 73.9 cm³/mol. The SMILES string of the molecule is CC1CCCCC1CNCc1cc(F)ccc1C#N. The second-order valence-electron chi connectivity index (χ2n) is 5.57. The van der Waals surface area contributed by atoms with Crippen LogP contribution >= 0.6 is 0 Å². The summed E-state index contributed by atoms with van der Waals surface area (Å²) in [7, 11) is 0. The first-order valence-corrected chi connectivity index (χ1v) is 7.10. The van der Waals surface area contributed by atoms with Gasteiger partial charge in [0, 0.05) is 6.54 Å². The van der Waals surface area contributed by atoms with Crippen LogP contribution in [-0.2, 0) is 6.54 Å². The summed E-state index contributed by atoms with van der Waals surface area (Å²) in [5.41, 5.74) is 1.32. The molecule has 3 heteroatoms. The molecule has 1 aliphatic carbocycles. The van der Waals surface area contributed by atoms with Gasteiger partial charge in [0.15, 0.2) is 0 Å². The smallest absolute Gasteiger partial charge is 0.123 e. The first-order chi connectivity index (χ1) is 9.20. The molecular formula is C16H21FN2. The van der Waals surface area contributed by atoms with E-state index in [1.165, 1.54) is 37.8 Å². The van der Waals surface area contributed by atoms with Gasteiger partial charge >= 0.3 is 0 Å². The molecule has 1 fully saturated rings. The van der Waals surface area contributed by atoms with E-state index >= 15 is 0 Å². The fourth-order valence-corrected chi connectivity index (χ4v) is 2.91. The number of nitriles is 1. The number of benzene rings is 1. The lowest BCUT2D eigenvalue weighted by molar-refractivity contribution is 0.247. The first kappa shape index (κ1) is 14.0. The van der Waals surface area contributed by atoms with Gasteiger partial charge in [0.25, 0.3) is 0 Å². The molecule has 2 nitrogen and oxygen atoms in total. The number of hydrogen-bond donors (Lipinski definition) is 1. The van der Waals surface area contributed by atoms with Crippen LogP contribution in [0.25, 0.3) is 0 Å². The number of nitrogens with zero attached hydrogens (tertiary/aromatic N) is 1. The Bertz CT molecular complexity index is 464. The van der Waals surface area contributed by atoms with E-state index in [1.807, 2.05) is 0 Å². The van der Waals surface area contributed by atoms with Crippen molar-refractivity contribution in [1.82, 2.24) is 5.32 Å². The Morgan fingerprint density at radius 3 is 2.89 bits per heavy atom. The molecule has 0 heterocycles. The molecule has 19 heavy (non-hydrogen) atoms. The minimum absolute atomic E-state index is 0.276. The Labute approximate surface area is 114 Å². The maximum Gasteiger partial charge on any atom is 0.123 e. The molecule has 0 bridgehead atoms. The average molecular weight is 260 g/mol. The quantitative estimate of drug-likeness (QED) is 0.897. The maximum atomic E-state index is 13.2. The largest absolute Gasteiger partial charge is 0.312 e. The van der Waals surface area contributed by atoms with E-state index in [9.17, 15) is 4.39 Å². The van der Waals surface area contributed by atoms with Crippen LogP contribution in [0.5, 0.6) is 0 Å². The highest BCUT2D eigenvalue weighted by Crippen LogP contribution is 2.28. The molecule has 1 aromatic carbocycles. The Kier molecular flexibility index (Phi) is 4.93. The average Bonchev–Trinajstić information content (AvgIpc) is 2.41. The van der Waals surface area contributed by atoms with Crippen LogP contribution in [0, 0.1) is 29.0 Å². The highest BCUT2D eigenvalue weighted by molar-refractivity contribution is 5.37. The van der Waals surface area contributed by atoms with E-state index in [0.29, 0.717) is 18.0 Å². The van der Waals surface area contributed by atoms with Crippen LogP contribution < -0.4 is 5.32 Å². The molecule has 1 aromatic rings. The summed E-state index contributed by atoms with van der Waals surface area (Å²) in [6.07, 6.45) is 5.26. The third kappa shape index (κ3) is 3.78. The maximum absolute atomic E-state index is 13.2. The summed E-state index contributed by atoms with van der Waals surface area (Å²) in [5.74, 6) is 1.21. The van der Waals surface area contributed by atoms with Crippen molar-refractivity contribution in [2.45, 2.75) is 39.2 Å². The molecule has 1 N–H and O–H groups in total. The third-order valence-electron chi connectivity index (χ3n) is 4.20. The van der Waals surface area contributed by atoms with Crippen molar-refractivity contribution in [3.8, 4) is 6.07 Å². The fraction of sp³-hybridized carbons (Fsp3) is 0.562.